The molecule has 0 aliphatic heterocycles. The molecule has 1 aromatic carbocycles. The third kappa shape index (κ3) is 1.33. The van der Waals surface area contributed by atoms with E-state index in [2.05, 4.69) is 42.2 Å². The minimum Gasteiger partial charge on any atom is -0.159 e. The molecule has 2 aromatic rings. The molecule has 1 aliphatic rings. The summed E-state index contributed by atoms with van der Waals surface area (Å²) < 4.78 is 0. The molecule has 1 aliphatic carbocycles. The molecule has 0 amide bonds. The first-order valence-electron chi connectivity index (χ1n) is 5.94. The summed E-state index contributed by atoms with van der Waals surface area (Å²) >= 11 is 0. The Morgan fingerprint density at radius 1 is 1.19 bits per heavy atom. The lowest BCUT2D eigenvalue weighted by Crippen LogP contribution is -2.14. The molecule has 2 heteroatoms. The Labute approximate surface area is 95.7 Å². The van der Waals surface area contributed by atoms with Crippen LogP contribution in [0.4, 0.5) is 0 Å². The summed E-state index contributed by atoms with van der Waals surface area (Å²) in [5.74, 6) is 0.722. The van der Waals surface area contributed by atoms with E-state index in [4.69, 9.17) is 0 Å². The quantitative estimate of drug-likeness (QED) is 0.763. The number of fused-ring (bicyclic) bond motifs is 1. The van der Waals surface area contributed by atoms with Gasteiger partial charge in [-0.05, 0) is 47.9 Å². The van der Waals surface area contributed by atoms with Gasteiger partial charge in [0.25, 0.3) is 0 Å². The van der Waals surface area contributed by atoms with Crippen LogP contribution >= 0.6 is 0 Å². The molecular formula is C14H16N2. The van der Waals surface area contributed by atoms with E-state index in [0.29, 0.717) is 5.41 Å². The number of rotatable bonds is 2. The maximum atomic E-state index is 4.12. The molecule has 16 heavy (non-hydrogen) atoms. The fraction of sp³-hybridized carbons (Fsp3) is 0.429. The van der Waals surface area contributed by atoms with Gasteiger partial charge in [-0.1, -0.05) is 19.9 Å². The third-order valence-corrected chi connectivity index (χ3v) is 3.98. The Hall–Kier alpha value is -1.44. The van der Waals surface area contributed by atoms with Gasteiger partial charge in [0.15, 0.2) is 0 Å². The zero-order valence-corrected chi connectivity index (χ0v) is 9.77. The van der Waals surface area contributed by atoms with Crippen LogP contribution in [-0.4, -0.2) is 10.2 Å². The van der Waals surface area contributed by atoms with E-state index in [-0.39, 0.29) is 0 Å². The summed E-state index contributed by atoms with van der Waals surface area (Å²) in [5.41, 5.74) is 2.91. The van der Waals surface area contributed by atoms with Crippen molar-refractivity contribution in [3.8, 4) is 0 Å². The van der Waals surface area contributed by atoms with Gasteiger partial charge in [-0.2, -0.15) is 10.2 Å². The van der Waals surface area contributed by atoms with Crippen molar-refractivity contribution in [1.82, 2.24) is 10.2 Å². The highest BCUT2D eigenvalue weighted by molar-refractivity contribution is 5.78. The Bertz CT molecular complexity index is 527. The largest absolute Gasteiger partial charge is 0.159 e. The fourth-order valence-electron chi connectivity index (χ4n) is 2.63. The molecule has 1 aromatic heterocycles. The molecule has 0 spiro atoms. The van der Waals surface area contributed by atoms with Gasteiger partial charge in [-0.25, -0.2) is 0 Å². The van der Waals surface area contributed by atoms with Crippen LogP contribution in [0.1, 0.15) is 32.3 Å². The second-order valence-corrected chi connectivity index (χ2v) is 5.12. The average molecular weight is 212 g/mol. The lowest BCUT2D eigenvalue weighted by molar-refractivity contribution is 0.481. The minimum atomic E-state index is 0.442. The van der Waals surface area contributed by atoms with E-state index in [1.165, 1.54) is 23.8 Å². The highest BCUT2D eigenvalue weighted by Crippen LogP contribution is 2.53. The third-order valence-electron chi connectivity index (χ3n) is 3.98. The fourth-order valence-corrected chi connectivity index (χ4v) is 2.63. The molecule has 0 N–H and O–H groups in total. The van der Waals surface area contributed by atoms with Crippen LogP contribution in [0.25, 0.3) is 10.9 Å². The summed E-state index contributed by atoms with van der Waals surface area (Å²) in [6.07, 6.45) is 4.42. The lowest BCUT2D eigenvalue weighted by Gasteiger charge is -2.20. The molecule has 2 nitrogen and oxygen atoms in total. The zero-order chi connectivity index (χ0) is 11.2. The monoisotopic (exact) mass is 212 g/mol. The first-order valence-corrected chi connectivity index (χ1v) is 5.94. The second kappa shape index (κ2) is 3.27. The van der Waals surface area contributed by atoms with Crippen LogP contribution in [0, 0.1) is 5.92 Å². The Morgan fingerprint density at radius 3 is 2.69 bits per heavy atom. The molecular weight excluding hydrogens is 196 g/mol. The van der Waals surface area contributed by atoms with Crippen LogP contribution in [0.5, 0.6) is 0 Å². The standard InChI is InChI=1S/C14H16N2/c1-10(2)14(6-7-14)12-3-4-13-11(9-12)5-8-15-16-13/h3-5,8-10H,6-7H2,1-2H3. The summed E-state index contributed by atoms with van der Waals surface area (Å²) in [7, 11) is 0. The molecule has 1 saturated carbocycles. The number of aromatic nitrogens is 2. The van der Waals surface area contributed by atoms with Crippen molar-refractivity contribution >= 4 is 10.9 Å². The molecule has 1 fully saturated rings. The van der Waals surface area contributed by atoms with Gasteiger partial charge in [0.1, 0.15) is 0 Å². The predicted molar refractivity (Wildman–Crippen MR) is 65.3 cm³/mol. The number of hydrogen-bond acceptors (Lipinski definition) is 2. The summed E-state index contributed by atoms with van der Waals surface area (Å²) in [6.45, 7) is 4.64. The van der Waals surface area contributed by atoms with Gasteiger partial charge in [0, 0.05) is 5.39 Å². The molecule has 0 atom stereocenters. The maximum Gasteiger partial charge on any atom is 0.0929 e. The van der Waals surface area contributed by atoms with Crippen LogP contribution in [-0.2, 0) is 5.41 Å². The Kier molecular flexibility index (Phi) is 2.00. The zero-order valence-electron chi connectivity index (χ0n) is 9.77. The molecule has 82 valence electrons. The van der Waals surface area contributed by atoms with E-state index in [1.54, 1.807) is 6.20 Å². The van der Waals surface area contributed by atoms with Crippen molar-refractivity contribution in [2.75, 3.05) is 0 Å². The second-order valence-electron chi connectivity index (χ2n) is 5.12. The number of hydrogen-bond donors (Lipinski definition) is 0. The van der Waals surface area contributed by atoms with Crippen molar-refractivity contribution in [2.24, 2.45) is 5.92 Å². The average Bonchev–Trinajstić information content (AvgIpc) is 3.09. The molecule has 0 unspecified atom stereocenters. The molecule has 1 heterocycles. The smallest absolute Gasteiger partial charge is 0.0929 e. The van der Waals surface area contributed by atoms with E-state index < -0.39 is 0 Å². The van der Waals surface area contributed by atoms with E-state index >= 15 is 0 Å². The highest BCUT2D eigenvalue weighted by Gasteiger charge is 2.46. The van der Waals surface area contributed by atoms with Crippen molar-refractivity contribution in [1.29, 1.82) is 0 Å². The maximum absolute atomic E-state index is 4.12. The minimum absolute atomic E-state index is 0.442. The topological polar surface area (TPSA) is 25.8 Å². The summed E-state index contributed by atoms with van der Waals surface area (Å²) in [4.78, 5) is 0. The van der Waals surface area contributed by atoms with Gasteiger partial charge < -0.3 is 0 Å². The highest BCUT2D eigenvalue weighted by atomic mass is 15.1. The Morgan fingerprint density at radius 2 is 2.00 bits per heavy atom. The first kappa shape index (κ1) is 9.76. The Balaban J connectivity index is 2.12. The predicted octanol–water partition coefficient (Wildman–Crippen LogP) is 3.32. The van der Waals surface area contributed by atoms with Crippen molar-refractivity contribution < 1.29 is 0 Å². The van der Waals surface area contributed by atoms with Crippen molar-refractivity contribution in [2.45, 2.75) is 32.1 Å². The summed E-state index contributed by atoms with van der Waals surface area (Å²) in [6, 6.07) is 8.66. The number of nitrogens with zero attached hydrogens (tertiary/aromatic N) is 2. The molecule has 3 rings (SSSR count). The van der Waals surface area contributed by atoms with Crippen molar-refractivity contribution in [3.05, 3.63) is 36.0 Å². The van der Waals surface area contributed by atoms with Gasteiger partial charge in [0.2, 0.25) is 0 Å². The van der Waals surface area contributed by atoms with Gasteiger partial charge in [-0.3, -0.25) is 0 Å². The number of benzene rings is 1. The molecule has 0 bridgehead atoms. The van der Waals surface area contributed by atoms with E-state index in [0.717, 1.165) is 11.4 Å². The van der Waals surface area contributed by atoms with E-state index in [9.17, 15) is 0 Å². The van der Waals surface area contributed by atoms with E-state index in [1.807, 2.05) is 6.07 Å². The van der Waals surface area contributed by atoms with Crippen molar-refractivity contribution in [3.63, 3.8) is 0 Å². The lowest BCUT2D eigenvalue weighted by atomic mass is 9.84. The van der Waals surface area contributed by atoms with Gasteiger partial charge >= 0.3 is 0 Å². The summed E-state index contributed by atoms with van der Waals surface area (Å²) in [5, 5.41) is 9.23. The SMILES string of the molecule is CC(C)C1(c2ccc3nnccc3c2)CC1. The molecule has 0 radical (unpaired) electrons. The first-order chi connectivity index (χ1) is 7.72. The van der Waals surface area contributed by atoms with Crippen LogP contribution < -0.4 is 0 Å². The van der Waals surface area contributed by atoms with Crippen LogP contribution in [0.2, 0.25) is 0 Å². The van der Waals surface area contributed by atoms with Gasteiger partial charge in [0.05, 0.1) is 11.7 Å². The van der Waals surface area contributed by atoms with Crippen LogP contribution in [0.15, 0.2) is 30.5 Å². The normalized spacial score (nSPS) is 17.9. The van der Waals surface area contributed by atoms with Crippen LogP contribution in [0.3, 0.4) is 0 Å². The molecule has 0 saturated heterocycles. The van der Waals surface area contributed by atoms with Gasteiger partial charge in [-0.15, -0.1) is 0 Å².